The van der Waals surface area contributed by atoms with Gasteiger partial charge in [-0.1, -0.05) is 24.3 Å². The Morgan fingerprint density at radius 1 is 1.31 bits per heavy atom. The third-order valence-corrected chi connectivity index (χ3v) is 2.91. The van der Waals surface area contributed by atoms with Gasteiger partial charge in [-0.3, -0.25) is 0 Å². The zero-order chi connectivity index (χ0) is 11.6. The number of thioether (sulfide) groups is 1. The Balaban J connectivity index is 2.27. The van der Waals surface area contributed by atoms with Crippen molar-refractivity contribution in [2.45, 2.75) is 4.90 Å². The van der Waals surface area contributed by atoms with Crippen LogP contribution in [0.5, 0.6) is 0 Å². The molecule has 0 bridgehead atoms. The van der Waals surface area contributed by atoms with Gasteiger partial charge in [-0.05, 0) is 24.0 Å². The zero-order valence-electron chi connectivity index (χ0n) is 9.90. The molecule has 16 heavy (non-hydrogen) atoms. The minimum atomic E-state index is 0.760. The highest BCUT2D eigenvalue weighted by Crippen LogP contribution is 2.15. The fourth-order valence-corrected chi connectivity index (χ4v) is 1.68. The van der Waals surface area contributed by atoms with E-state index in [-0.39, 0.29) is 0 Å². The summed E-state index contributed by atoms with van der Waals surface area (Å²) in [5.74, 6) is 0. The molecule has 1 N–H and O–H groups in total. The molecule has 0 heterocycles. The zero-order valence-corrected chi connectivity index (χ0v) is 10.7. The first-order chi connectivity index (χ1) is 7.86. The van der Waals surface area contributed by atoms with E-state index in [1.54, 1.807) is 18.9 Å². The van der Waals surface area contributed by atoms with Crippen molar-refractivity contribution in [2.24, 2.45) is 0 Å². The predicted octanol–water partition coefficient (Wildman–Crippen LogP) is 2.66. The van der Waals surface area contributed by atoms with Gasteiger partial charge < -0.3 is 10.1 Å². The summed E-state index contributed by atoms with van der Waals surface area (Å²) in [6.07, 6.45) is 6.35. The van der Waals surface area contributed by atoms with Gasteiger partial charge >= 0.3 is 0 Å². The van der Waals surface area contributed by atoms with Crippen molar-refractivity contribution >= 4 is 17.8 Å². The van der Waals surface area contributed by atoms with Crippen LogP contribution in [-0.4, -0.2) is 33.1 Å². The first-order valence-corrected chi connectivity index (χ1v) is 6.59. The lowest BCUT2D eigenvalue weighted by Gasteiger charge is -1.99. The summed E-state index contributed by atoms with van der Waals surface area (Å²) in [6, 6.07) is 8.56. The van der Waals surface area contributed by atoms with E-state index >= 15 is 0 Å². The largest absolute Gasteiger partial charge is 0.383 e. The number of ether oxygens (including phenoxy) is 1. The fourth-order valence-electron chi connectivity index (χ4n) is 1.27. The van der Waals surface area contributed by atoms with Gasteiger partial charge in [0.2, 0.25) is 0 Å². The van der Waals surface area contributed by atoms with Crippen LogP contribution in [0.4, 0.5) is 0 Å². The van der Waals surface area contributed by atoms with E-state index in [0.29, 0.717) is 0 Å². The van der Waals surface area contributed by atoms with Crippen LogP contribution in [-0.2, 0) is 4.74 Å². The standard InChI is InChI=1S/C13H19NOS/c1-15-11-10-14-9-3-4-12-5-7-13(16-2)8-6-12/h3-8,14H,9-11H2,1-2H3. The van der Waals surface area contributed by atoms with E-state index in [9.17, 15) is 0 Å². The van der Waals surface area contributed by atoms with Crippen LogP contribution in [0.25, 0.3) is 6.08 Å². The van der Waals surface area contributed by atoms with Crippen LogP contribution in [0.2, 0.25) is 0 Å². The van der Waals surface area contributed by atoms with Crippen molar-refractivity contribution in [1.82, 2.24) is 5.32 Å². The van der Waals surface area contributed by atoms with Gasteiger partial charge in [-0.25, -0.2) is 0 Å². The van der Waals surface area contributed by atoms with Gasteiger partial charge in [0.15, 0.2) is 0 Å². The maximum atomic E-state index is 4.94. The maximum absolute atomic E-state index is 4.94. The van der Waals surface area contributed by atoms with E-state index in [2.05, 4.69) is 48.0 Å². The van der Waals surface area contributed by atoms with Crippen molar-refractivity contribution in [3.8, 4) is 0 Å². The second kappa shape index (κ2) is 8.39. The number of hydrogen-bond donors (Lipinski definition) is 1. The van der Waals surface area contributed by atoms with Gasteiger partial charge in [0.05, 0.1) is 6.61 Å². The Morgan fingerprint density at radius 3 is 2.69 bits per heavy atom. The molecule has 0 saturated carbocycles. The predicted molar refractivity (Wildman–Crippen MR) is 72.0 cm³/mol. The summed E-state index contributed by atoms with van der Waals surface area (Å²) < 4.78 is 4.94. The molecule has 2 nitrogen and oxygen atoms in total. The van der Waals surface area contributed by atoms with E-state index < -0.39 is 0 Å². The lowest BCUT2D eigenvalue weighted by Crippen LogP contribution is -2.18. The Hall–Kier alpha value is -0.770. The van der Waals surface area contributed by atoms with E-state index in [1.807, 2.05) is 0 Å². The minimum Gasteiger partial charge on any atom is -0.383 e. The van der Waals surface area contributed by atoms with Crippen LogP contribution < -0.4 is 5.32 Å². The highest BCUT2D eigenvalue weighted by molar-refractivity contribution is 7.98. The van der Waals surface area contributed by atoms with E-state index in [4.69, 9.17) is 4.74 Å². The molecule has 0 unspecified atom stereocenters. The molecule has 3 heteroatoms. The Bertz CT molecular complexity index is 308. The smallest absolute Gasteiger partial charge is 0.0587 e. The van der Waals surface area contributed by atoms with Crippen LogP contribution >= 0.6 is 11.8 Å². The van der Waals surface area contributed by atoms with Crippen LogP contribution in [0.3, 0.4) is 0 Å². The number of methoxy groups -OCH3 is 1. The molecule has 0 amide bonds. The Labute approximate surface area is 102 Å². The molecule has 88 valence electrons. The second-order valence-electron chi connectivity index (χ2n) is 3.37. The third-order valence-electron chi connectivity index (χ3n) is 2.17. The molecule has 0 aliphatic rings. The van der Waals surface area contributed by atoms with Gasteiger partial charge in [0.1, 0.15) is 0 Å². The molecule has 1 aromatic carbocycles. The second-order valence-corrected chi connectivity index (χ2v) is 4.25. The van der Waals surface area contributed by atoms with Crippen molar-refractivity contribution in [3.05, 3.63) is 35.9 Å². The summed E-state index contributed by atoms with van der Waals surface area (Å²) in [5, 5.41) is 3.26. The molecule has 0 saturated heterocycles. The Morgan fingerprint density at radius 2 is 2.06 bits per heavy atom. The molecule has 0 aliphatic carbocycles. The molecule has 1 rings (SSSR count). The normalized spacial score (nSPS) is 11.1. The number of rotatable bonds is 7. The molecule has 0 fully saturated rings. The van der Waals surface area contributed by atoms with Gasteiger partial charge in [0.25, 0.3) is 0 Å². The fraction of sp³-hybridized carbons (Fsp3) is 0.385. The third kappa shape index (κ3) is 5.35. The molecule has 0 aliphatic heterocycles. The quantitative estimate of drug-likeness (QED) is 0.582. The highest BCUT2D eigenvalue weighted by Gasteiger charge is 1.89. The number of benzene rings is 1. The molecule has 0 atom stereocenters. The van der Waals surface area contributed by atoms with Crippen LogP contribution in [0.1, 0.15) is 5.56 Å². The summed E-state index contributed by atoms with van der Waals surface area (Å²) in [5.41, 5.74) is 1.24. The monoisotopic (exact) mass is 237 g/mol. The lowest BCUT2D eigenvalue weighted by atomic mass is 10.2. The van der Waals surface area contributed by atoms with Gasteiger partial charge in [-0.15, -0.1) is 11.8 Å². The first kappa shape index (κ1) is 13.3. The lowest BCUT2D eigenvalue weighted by molar-refractivity contribution is 0.200. The maximum Gasteiger partial charge on any atom is 0.0587 e. The molecule has 1 aromatic rings. The van der Waals surface area contributed by atoms with E-state index in [0.717, 1.165) is 19.7 Å². The van der Waals surface area contributed by atoms with Crippen molar-refractivity contribution in [2.75, 3.05) is 33.1 Å². The van der Waals surface area contributed by atoms with Crippen LogP contribution in [0, 0.1) is 0 Å². The molecular formula is C13H19NOS. The molecule has 0 radical (unpaired) electrons. The average Bonchev–Trinajstić information content (AvgIpc) is 2.34. The summed E-state index contributed by atoms with van der Waals surface area (Å²) in [7, 11) is 1.71. The summed E-state index contributed by atoms with van der Waals surface area (Å²) in [6.45, 7) is 2.54. The number of nitrogens with one attached hydrogen (secondary N) is 1. The molecular weight excluding hydrogens is 218 g/mol. The van der Waals surface area contributed by atoms with Crippen molar-refractivity contribution in [3.63, 3.8) is 0 Å². The molecule has 0 aromatic heterocycles. The van der Waals surface area contributed by atoms with Gasteiger partial charge in [-0.2, -0.15) is 0 Å². The number of hydrogen-bond acceptors (Lipinski definition) is 3. The van der Waals surface area contributed by atoms with Crippen molar-refractivity contribution < 1.29 is 4.74 Å². The topological polar surface area (TPSA) is 21.3 Å². The first-order valence-electron chi connectivity index (χ1n) is 5.37. The summed E-state index contributed by atoms with van der Waals surface area (Å²) in [4.78, 5) is 1.30. The molecule has 0 spiro atoms. The Kier molecular flexibility index (Phi) is 6.97. The average molecular weight is 237 g/mol. The van der Waals surface area contributed by atoms with Gasteiger partial charge in [0, 0.05) is 25.1 Å². The summed E-state index contributed by atoms with van der Waals surface area (Å²) >= 11 is 1.76. The minimum absolute atomic E-state index is 0.760. The van der Waals surface area contributed by atoms with Crippen molar-refractivity contribution in [1.29, 1.82) is 0 Å². The van der Waals surface area contributed by atoms with Crippen LogP contribution in [0.15, 0.2) is 35.2 Å². The van der Waals surface area contributed by atoms with E-state index in [1.165, 1.54) is 10.5 Å². The highest BCUT2D eigenvalue weighted by atomic mass is 32.2. The SMILES string of the molecule is COCCNCC=Cc1ccc(SC)cc1.